The molecule has 0 saturated carbocycles. The van der Waals surface area contributed by atoms with Gasteiger partial charge >= 0.3 is 0 Å². The summed E-state index contributed by atoms with van der Waals surface area (Å²) in [5.41, 5.74) is 1.24. The first-order chi connectivity index (χ1) is 8.80. The monoisotopic (exact) mass is 239 g/mol. The quantitative estimate of drug-likeness (QED) is 0.688. The number of hydrogen-bond acceptors (Lipinski definition) is 4. The predicted molar refractivity (Wildman–Crippen MR) is 65.8 cm³/mol. The van der Waals surface area contributed by atoms with Gasteiger partial charge in [-0.3, -0.25) is 0 Å². The fourth-order valence-corrected chi connectivity index (χ4v) is 2.91. The molecule has 1 fully saturated rings. The zero-order valence-electron chi connectivity index (χ0n) is 9.97. The fraction of sp³-hybridized carbons (Fsp3) is 0.429. The molecule has 0 bridgehead atoms. The molecule has 0 unspecified atom stereocenters. The lowest BCUT2D eigenvalue weighted by atomic mass is 9.73. The molecule has 1 saturated heterocycles. The zero-order chi connectivity index (χ0) is 12.6. The Bertz CT molecular complexity index is 541. The average molecular weight is 239 g/mol. The van der Waals surface area contributed by atoms with Gasteiger partial charge in [-0.05, 0) is 11.6 Å². The lowest BCUT2D eigenvalue weighted by molar-refractivity contribution is 0.0683. The molecule has 2 heterocycles. The maximum Gasteiger partial charge on any atom is 0.170 e. The highest BCUT2D eigenvalue weighted by molar-refractivity contribution is 5.60. The van der Waals surface area contributed by atoms with Gasteiger partial charge in [0.15, 0.2) is 5.41 Å². The molecule has 1 aromatic carbocycles. The van der Waals surface area contributed by atoms with Crippen molar-refractivity contribution in [1.82, 2.24) is 0 Å². The molecule has 18 heavy (non-hydrogen) atoms. The molecule has 0 aromatic heterocycles. The Labute approximate surface area is 106 Å². The summed E-state index contributed by atoms with van der Waals surface area (Å²) in [5.74, 6) is 0. The number of para-hydroxylation sites is 1. The lowest BCUT2D eigenvalue weighted by Gasteiger charge is -2.47. The third-order valence-electron chi connectivity index (χ3n) is 3.87. The highest BCUT2D eigenvalue weighted by atomic mass is 16.5. The fourth-order valence-electron chi connectivity index (χ4n) is 2.91. The molecule has 1 atom stereocenters. The first-order valence-corrected chi connectivity index (χ1v) is 6.05. The van der Waals surface area contributed by atoms with Gasteiger partial charge in [0, 0.05) is 18.7 Å². The average Bonchev–Trinajstić information content (AvgIpc) is 2.46. The van der Waals surface area contributed by atoms with Crippen molar-refractivity contribution in [3.63, 3.8) is 0 Å². The van der Waals surface area contributed by atoms with E-state index in [4.69, 9.17) is 4.74 Å². The molecule has 2 aliphatic heterocycles. The van der Waals surface area contributed by atoms with E-state index in [0.29, 0.717) is 19.6 Å². The Morgan fingerprint density at radius 2 is 2.06 bits per heavy atom. The Morgan fingerprint density at radius 1 is 1.28 bits per heavy atom. The van der Waals surface area contributed by atoms with Gasteiger partial charge < -0.3 is 9.64 Å². The maximum atomic E-state index is 9.45. The van der Waals surface area contributed by atoms with E-state index >= 15 is 0 Å². The second kappa shape index (κ2) is 4.01. The van der Waals surface area contributed by atoms with Gasteiger partial charge in [0.05, 0.1) is 31.4 Å². The normalized spacial score (nSPS) is 24.3. The van der Waals surface area contributed by atoms with Crippen LogP contribution in [0.15, 0.2) is 24.3 Å². The van der Waals surface area contributed by atoms with E-state index in [1.54, 1.807) is 0 Å². The van der Waals surface area contributed by atoms with E-state index in [1.165, 1.54) is 0 Å². The minimum Gasteiger partial charge on any atom is -0.377 e. The molecule has 2 aliphatic rings. The van der Waals surface area contributed by atoms with Gasteiger partial charge in [0.25, 0.3) is 0 Å². The van der Waals surface area contributed by atoms with Crippen molar-refractivity contribution >= 4 is 5.69 Å². The number of anilines is 1. The summed E-state index contributed by atoms with van der Waals surface area (Å²) in [7, 11) is 0. The van der Waals surface area contributed by atoms with Crippen LogP contribution in [-0.4, -0.2) is 25.8 Å². The molecular weight excluding hydrogens is 226 g/mol. The van der Waals surface area contributed by atoms with E-state index in [2.05, 4.69) is 23.1 Å². The van der Waals surface area contributed by atoms with Crippen LogP contribution in [0.1, 0.15) is 5.56 Å². The summed E-state index contributed by atoms with van der Waals surface area (Å²) in [4.78, 5) is 2.16. The molecule has 0 amide bonds. The summed E-state index contributed by atoms with van der Waals surface area (Å²) in [5, 5.41) is 18.9. The number of fused-ring (bicyclic) bond motifs is 3. The first kappa shape index (κ1) is 11.1. The number of morpholine rings is 1. The van der Waals surface area contributed by atoms with Crippen LogP contribution in [0.2, 0.25) is 0 Å². The number of rotatable bonds is 0. The van der Waals surface area contributed by atoms with Crippen molar-refractivity contribution in [2.24, 2.45) is 5.41 Å². The van der Waals surface area contributed by atoms with Gasteiger partial charge in [-0.15, -0.1) is 0 Å². The van der Waals surface area contributed by atoms with Crippen molar-refractivity contribution in [3.05, 3.63) is 29.8 Å². The van der Waals surface area contributed by atoms with Crippen molar-refractivity contribution in [2.45, 2.75) is 12.5 Å². The van der Waals surface area contributed by atoms with Crippen molar-refractivity contribution in [3.8, 4) is 12.1 Å². The van der Waals surface area contributed by atoms with E-state index in [0.717, 1.165) is 17.8 Å². The third-order valence-corrected chi connectivity index (χ3v) is 3.87. The minimum absolute atomic E-state index is 0.156. The molecule has 90 valence electrons. The van der Waals surface area contributed by atoms with E-state index in [-0.39, 0.29) is 6.04 Å². The molecule has 3 rings (SSSR count). The molecule has 0 radical (unpaired) electrons. The predicted octanol–water partition coefficient (Wildman–Crippen LogP) is 1.48. The van der Waals surface area contributed by atoms with Crippen LogP contribution in [0.25, 0.3) is 0 Å². The van der Waals surface area contributed by atoms with Crippen LogP contribution in [0.4, 0.5) is 5.69 Å². The van der Waals surface area contributed by atoms with E-state index in [9.17, 15) is 10.5 Å². The number of ether oxygens (including phenoxy) is 1. The molecule has 4 nitrogen and oxygen atoms in total. The molecule has 4 heteroatoms. The number of benzene rings is 1. The largest absolute Gasteiger partial charge is 0.377 e. The van der Waals surface area contributed by atoms with Crippen molar-refractivity contribution in [2.75, 3.05) is 24.7 Å². The number of hydrogen-bond donors (Lipinski definition) is 0. The lowest BCUT2D eigenvalue weighted by Crippen LogP contribution is -2.57. The smallest absolute Gasteiger partial charge is 0.170 e. The Hall–Kier alpha value is -2.04. The summed E-state index contributed by atoms with van der Waals surface area (Å²) in [6, 6.07) is 12.3. The Kier molecular flexibility index (Phi) is 2.47. The van der Waals surface area contributed by atoms with Crippen molar-refractivity contribution < 1.29 is 4.74 Å². The van der Waals surface area contributed by atoms with E-state index in [1.807, 2.05) is 18.2 Å². The summed E-state index contributed by atoms with van der Waals surface area (Å²) < 4.78 is 5.47. The van der Waals surface area contributed by atoms with Gasteiger partial charge in [-0.2, -0.15) is 10.5 Å². The topological polar surface area (TPSA) is 60.0 Å². The molecule has 0 aliphatic carbocycles. The first-order valence-electron chi connectivity index (χ1n) is 6.05. The summed E-state index contributed by atoms with van der Waals surface area (Å²) in [6.45, 7) is 1.85. The Morgan fingerprint density at radius 3 is 2.83 bits per heavy atom. The number of nitrogens with zero attached hydrogens (tertiary/aromatic N) is 3. The Balaban J connectivity index is 2.15. The third kappa shape index (κ3) is 1.40. The SMILES string of the molecule is N#CC1(C#N)Cc2ccccc2N2CCOC[C@H]21. The standard InChI is InChI=1S/C14H13N3O/c15-9-14(10-16)7-11-3-1-2-4-12(11)17-5-6-18-8-13(14)17/h1-4,13H,5-8H2/t13-/m0/s1. The van der Waals surface area contributed by atoms with Crippen LogP contribution in [0, 0.1) is 28.1 Å². The molecular formula is C14H13N3O. The minimum atomic E-state index is -0.991. The summed E-state index contributed by atoms with van der Waals surface area (Å²) in [6.07, 6.45) is 0.487. The highest BCUT2D eigenvalue weighted by Crippen LogP contribution is 2.41. The van der Waals surface area contributed by atoms with Crippen LogP contribution >= 0.6 is 0 Å². The van der Waals surface area contributed by atoms with Crippen molar-refractivity contribution in [1.29, 1.82) is 10.5 Å². The zero-order valence-corrected chi connectivity index (χ0v) is 9.97. The van der Waals surface area contributed by atoms with Gasteiger partial charge in [0.2, 0.25) is 0 Å². The van der Waals surface area contributed by atoms with Crippen LogP contribution in [0.3, 0.4) is 0 Å². The number of nitriles is 2. The second-order valence-corrected chi connectivity index (χ2v) is 4.78. The highest BCUT2D eigenvalue weighted by Gasteiger charge is 2.48. The van der Waals surface area contributed by atoms with Gasteiger partial charge in [-0.25, -0.2) is 0 Å². The molecule has 0 spiro atoms. The van der Waals surface area contributed by atoms with Crippen LogP contribution in [-0.2, 0) is 11.2 Å². The van der Waals surface area contributed by atoms with Crippen LogP contribution in [0.5, 0.6) is 0 Å². The second-order valence-electron chi connectivity index (χ2n) is 4.78. The van der Waals surface area contributed by atoms with E-state index < -0.39 is 5.41 Å². The molecule has 1 aromatic rings. The summed E-state index contributed by atoms with van der Waals surface area (Å²) >= 11 is 0. The van der Waals surface area contributed by atoms with Gasteiger partial charge in [0.1, 0.15) is 0 Å². The maximum absolute atomic E-state index is 9.45. The molecule has 0 N–H and O–H groups in total. The van der Waals surface area contributed by atoms with Gasteiger partial charge in [-0.1, -0.05) is 18.2 Å². The van der Waals surface area contributed by atoms with Crippen LogP contribution < -0.4 is 4.90 Å².